The van der Waals surface area contributed by atoms with E-state index in [1.165, 1.54) is 16.4 Å². The highest BCUT2D eigenvalue weighted by Crippen LogP contribution is 2.39. The SMILES string of the molecule is Cc1nc(-c2c(N)nsc2N(C)Cc2cccs2)cs1. The first-order valence-electron chi connectivity index (χ1n) is 6.06. The summed E-state index contributed by atoms with van der Waals surface area (Å²) in [4.78, 5) is 8.04. The molecule has 0 aliphatic rings. The Hall–Kier alpha value is -1.44. The number of aryl methyl sites for hydroxylation is 1. The first kappa shape index (κ1) is 13.5. The van der Waals surface area contributed by atoms with Crippen LogP contribution in [0.1, 0.15) is 9.88 Å². The van der Waals surface area contributed by atoms with Crippen LogP contribution in [0.2, 0.25) is 0 Å². The van der Waals surface area contributed by atoms with E-state index in [1.54, 1.807) is 22.7 Å². The largest absolute Gasteiger partial charge is 0.382 e. The molecular formula is C13H14N4S3. The average Bonchev–Trinajstić information content (AvgIpc) is 3.10. The van der Waals surface area contributed by atoms with Gasteiger partial charge >= 0.3 is 0 Å². The molecule has 0 amide bonds. The lowest BCUT2D eigenvalue weighted by Gasteiger charge is -2.17. The summed E-state index contributed by atoms with van der Waals surface area (Å²) in [6, 6.07) is 4.21. The van der Waals surface area contributed by atoms with E-state index in [1.807, 2.05) is 12.3 Å². The number of aromatic nitrogens is 2. The first-order valence-corrected chi connectivity index (χ1v) is 8.59. The van der Waals surface area contributed by atoms with Crippen molar-refractivity contribution < 1.29 is 0 Å². The normalized spacial score (nSPS) is 10.9. The Bertz CT molecular complexity index is 699. The lowest BCUT2D eigenvalue weighted by atomic mass is 10.2. The van der Waals surface area contributed by atoms with Crippen molar-refractivity contribution in [2.24, 2.45) is 0 Å². The van der Waals surface area contributed by atoms with Gasteiger partial charge in [-0.2, -0.15) is 4.37 Å². The Balaban J connectivity index is 1.94. The molecule has 3 aromatic rings. The van der Waals surface area contributed by atoms with E-state index >= 15 is 0 Å². The Labute approximate surface area is 129 Å². The quantitative estimate of drug-likeness (QED) is 0.792. The van der Waals surface area contributed by atoms with Crippen molar-refractivity contribution >= 4 is 45.0 Å². The standard InChI is InChI=1S/C13H14N4S3/c1-8-15-10(7-19-8)11-12(14)16-20-13(11)17(2)6-9-4-3-5-18-9/h3-5,7H,6H2,1-2H3,(H2,14,16). The summed E-state index contributed by atoms with van der Waals surface area (Å²) in [6.45, 7) is 2.86. The second-order valence-corrected chi connectivity index (χ2v) is 7.28. The van der Waals surface area contributed by atoms with E-state index in [0.717, 1.165) is 27.8 Å². The molecule has 0 aromatic carbocycles. The van der Waals surface area contributed by atoms with E-state index in [-0.39, 0.29) is 0 Å². The summed E-state index contributed by atoms with van der Waals surface area (Å²) in [7, 11) is 2.06. The lowest BCUT2D eigenvalue weighted by Crippen LogP contribution is -2.15. The molecule has 0 bridgehead atoms. The van der Waals surface area contributed by atoms with Gasteiger partial charge in [-0.25, -0.2) is 4.98 Å². The number of rotatable bonds is 4. The van der Waals surface area contributed by atoms with Gasteiger partial charge in [0.1, 0.15) is 10.8 Å². The van der Waals surface area contributed by atoms with Crippen LogP contribution in [-0.4, -0.2) is 16.4 Å². The summed E-state index contributed by atoms with van der Waals surface area (Å²) in [6.07, 6.45) is 0. The molecule has 20 heavy (non-hydrogen) atoms. The second-order valence-electron chi connectivity index (χ2n) is 4.44. The van der Waals surface area contributed by atoms with Crippen LogP contribution in [0.15, 0.2) is 22.9 Å². The van der Waals surface area contributed by atoms with Gasteiger partial charge in [-0.15, -0.1) is 22.7 Å². The molecule has 0 spiro atoms. The minimum absolute atomic E-state index is 0.563. The fourth-order valence-electron chi connectivity index (χ4n) is 1.98. The van der Waals surface area contributed by atoms with Gasteiger partial charge in [0.05, 0.1) is 22.8 Å². The number of hydrogen-bond donors (Lipinski definition) is 1. The number of hydrogen-bond acceptors (Lipinski definition) is 7. The van der Waals surface area contributed by atoms with Gasteiger partial charge in [0.2, 0.25) is 0 Å². The molecule has 3 heterocycles. The van der Waals surface area contributed by atoms with Crippen LogP contribution in [0.4, 0.5) is 10.8 Å². The smallest absolute Gasteiger partial charge is 0.148 e. The molecule has 0 aliphatic heterocycles. The second kappa shape index (κ2) is 5.51. The highest BCUT2D eigenvalue weighted by Gasteiger charge is 2.19. The summed E-state index contributed by atoms with van der Waals surface area (Å²) >= 11 is 4.82. The topological polar surface area (TPSA) is 55.0 Å². The minimum atomic E-state index is 0.563. The van der Waals surface area contributed by atoms with E-state index in [4.69, 9.17) is 5.73 Å². The zero-order chi connectivity index (χ0) is 14.1. The monoisotopic (exact) mass is 322 g/mol. The summed E-state index contributed by atoms with van der Waals surface area (Å²) < 4.78 is 4.30. The Kier molecular flexibility index (Phi) is 3.73. The molecule has 0 saturated heterocycles. The first-order chi connectivity index (χ1) is 9.65. The van der Waals surface area contributed by atoms with E-state index in [9.17, 15) is 0 Å². The minimum Gasteiger partial charge on any atom is -0.382 e. The van der Waals surface area contributed by atoms with Gasteiger partial charge in [-0.1, -0.05) is 6.07 Å². The van der Waals surface area contributed by atoms with Crippen LogP contribution in [0.25, 0.3) is 11.3 Å². The Morgan fingerprint density at radius 2 is 2.20 bits per heavy atom. The number of nitrogen functional groups attached to an aromatic ring is 1. The van der Waals surface area contributed by atoms with Crippen molar-refractivity contribution in [3.63, 3.8) is 0 Å². The van der Waals surface area contributed by atoms with Gasteiger partial charge in [-0.05, 0) is 29.9 Å². The fourth-order valence-corrected chi connectivity index (χ4v) is 4.12. The van der Waals surface area contributed by atoms with Gasteiger partial charge in [0, 0.05) is 17.3 Å². The molecule has 3 aromatic heterocycles. The molecular weight excluding hydrogens is 308 g/mol. The Morgan fingerprint density at radius 3 is 2.85 bits per heavy atom. The van der Waals surface area contributed by atoms with Gasteiger partial charge in [0.15, 0.2) is 0 Å². The van der Waals surface area contributed by atoms with Gasteiger partial charge in [-0.3, -0.25) is 0 Å². The number of thiophene rings is 1. The van der Waals surface area contributed by atoms with Crippen molar-refractivity contribution in [3.8, 4) is 11.3 Å². The van der Waals surface area contributed by atoms with Crippen LogP contribution in [0.3, 0.4) is 0 Å². The fraction of sp³-hybridized carbons (Fsp3) is 0.231. The molecule has 0 atom stereocenters. The maximum absolute atomic E-state index is 6.03. The average molecular weight is 322 g/mol. The van der Waals surface area contributed by atoms with E-state index < -0.39 is 0 Å². The summed E-state index contributed by atoms with van der Waals surface area (Å²) in [5, 5.41) is 6.24. The third-order valence-corrected chi connectivity index (χ3v) is 5.51. The molecule has 2 N–H and O–H groups in total. The number of nitrogens with two attached hydrogens (primary N) is 1. The third kappa shape index (κ3) is 2.56. The molecule has 0 unspecified atom stereocenters. The highest BCUT2D eigenvalue weighted by atomic mass is 32.1. The molecule has 0 radical (unpaired) electrons. The lowest BCUT2D eigenvalue weighted by molar-refractivity contribution is 0.954. The summed E-state index contributed by atoms with van der Waals surface area (Å²) in [5.74, 6) is 0.563. The highest BCUT2D eigenvalue weighted by molar-refractivity contribution is 7.12. The number of anilines is 2. The molecule has 104 valence electrons. The van der Waals surface area contributed by atoms with E-state index in [0.29, 0.717) is 5.82 Å². The van der Waals surface area contributed by atoms with Crippen LogP contribution in [0, 0.1) is 6.92 Å². The number of nitrogens with zero attached hydrogens (tertiary/aromatic N) is 3. The van der Waals surface area contributed by atoms with Crippen LogP contribution >= 0.6 is 34.2 Å². The molecule has 0 fully saturated rings. The maximum Gasteiger partial charge on any atom is 0.148 e. The van der Waals surface area contributed by atoms with Crippen molar-refractivity contribution in [3.05, 3.63) is 32.8 Å². The predicted octanol–water partition coefficient (Wildman–Crippen LogP) is 3.86. The zero-order valence-electron chi connectivity index (χ0n) is 11.2. The molecule has 0 saturated carbocycles. The van der Waals surface area contributed by atoms with Crippen molar-refractivity contribution in [1.82, 2.24) is 9.36 Å². The van der Waals surface area contributed by atoms with Crippen LogP contribution < -0.4 is 10.6 Å². The zero-order valence-corrected chi connectivity index (χ0v) is 13.6. The van der Waals surface area contributed by atoms with Crippen molar-refractivity contribution in [2.45, 2.75) is 13.5 Å². The Morgan fingerprint density at radius 1 is 1.35 bits per heavy atom. The summed E-state index contributed by atoms with van der Waals surface area (Å²) in [5.41, 5.74) is 7.91. The van der Waals surface area contributed by atoms with Crippen LogP contribution in [0.5, 0.6) is 0 Å². The van der Waals surface area contributed by atoms with Crippen LogP contribution in [-0.2, 0) is 6.54 Å². The molecule has 4 nitrogen and oxygen atoms in total. The van der Waals surface area contributed by atoms with E-state index in [2.05, 4.69) is 38.8 Å². The molecule has 3 rings (SSSR count). The van der Waals surface area contributed by atoms with Gasteiger partial charge in [0.25, 0.3) is 0 Å². The van der Waals surface area contributed by atoms with Gasteiger partial charge < -0.3 is 10.6 Å². The number of thiazole rings is 1. The third-order valence-electron chi connectivity index (χ3n) is 2.90. The van der Waals surface area contributed by atoms with Crippen molar-refractivity contribution in [1.29, 1.82) is 0 Å². The molecule has 7 heteroatoms. The maximum atomic E-state index is 6.03. The van der Waals surface area contributed by atoms with Crippen molar-refractivity contribution in [2.75, 3.05) is 17.7 Å². The molecule has 0 aliphatic carbocycles. The predicted molar refractivity (Wildman–Crippen MR) is 88.8 cm³/mol.